The number of nitrogens with zero attached hydrogens (tertiary/aromatic N) is 4. The van der Waals surface area contributed by atoms with Crippen LogP contribution in [-0.2, 0) is 11.3 Å². The molecule has 0 radical (unpaired) electrons. The standard InChI is InChI=1S/C20H17N5O3/c26-18(9-10-25-19(27)15-6-2-3-7-16(15)20(25)28)23-17-8-4-1-5-14(17)11-24-13-21-12-22-24/h1-8,12-13H,9-11H2,(H,23,26). The molecule has 1 N–H and O–H groups in total. The molecule has 0 unspecified atom stereocenters. The van der Waals surface area contributed by atoms with Gasteiger partial charge in [-0.05, 0) is 23.8 Å². The summed E-state index contributed by atoms with van der Waals surface area (Å²) in [5.74, 6) is -0.998. The number of benzene rings is 2. The van der Waals surface area contributed by atoms with Crippen LogP contribution in [0.15, 0.2) is 61.2 Å². The summed E-state index contributed by atoms with van der Waals surface area (Å²) in [5, 5.41) is 6.92. The fourth-order valence-corrected chi connectivity index (χ4v) is 3.14. The zero-order chi connectivity index (χ0) is 19.5. The van der Waals surface area contributed by atoms with Crippen molar-refractivity contribution in [2.24, 2.45) is 0 Å². The maximum Gasteiger partial charge on any atom is 0.261 e. The fraction of sp³-hybridized carbons (Fsp3) is 0.150. The first-order valence-electron chi connectivity index (χ1n) is 8.79. The molecule has 4 rings (SSSR count). The molecule has 140 valence electrons. The van der Waals surface area contributed by atoms with E-state index in [1.54, 1.807) is 41.3 Å². The number of imide groups is 1. The van der Waals surface area contributed by atoms with E-state index < -0.39 is 0 Å². The van der Waals surface area contributed by atoms with Gasteiger partial charge in [-0.2, -0.15) is 5.10 Å². The van der Waals surface area contributed by atoms with Crippen LogP contribution < -0.4 is 5.32 Å². The van der Waals surface area contributed by atoms with Gasteiger partial charge >= 0.3 is 0 Å². The summed E-state index contributed by atoms with van der Waals surface area (Å²) in [4.78, 5) is 42.2. The Kier molecular flexibility index (Phi) is 4.67. The number of para-hydroxylation sites is 1. The average Bonchev–Trinajstić information content (AvgIpc) is 3.30. The van der Waals surface area contributed by atoms with Crippen molar-refractivity contribution in [2.75, 3.05) is 11.9 Å². The van der Waals surface area contributed by atoms with E-state index in [2.05, 4.69) is 15.4 Å². The maximum absolute atomic E-state index is 12.4. The molecule has 8 heteroatoms. The van der Waals surface area contributed by atoms with E-state index in [1.165, 1.54) is 6.33 Å². The number of rotatable bonds is 6. The molecule has 2 aromatic carbocycles. The summed E-state index contributed by atoms with van der Waals surface area (Å²) in [5.41, 5.74) is 2.30. The van der Waals surface area contributed by atoms with Crippen LogP contribution >= 0.6 is 0 Å². The number of amides is 3. The average molecular weight is 375 g/mol. The quantitative estimate of drug-likeness (QED) is 0.664. The second-order valence-corrected chi connectivity index (χ2v) is 6.36. The van der Waals surface area contributed by atoms with Gasteiger partial charge in [0, 0.05) is 18.7 Å². The van der Waals surface area contributed by atoms with Crippen molar-refractivity contribution in [3.63, 3.8) is 0 Å². The van der Waals surface area contributed by atoms with Gasteiger partial charge in [0.05, 0.1) is 17.7 Å². The molecule has 8 nitrogen and oxygen atoms in total. The first kappa shape index (κ1) is 17.6. The van der Waals surface area contributed by atoms with Crippen LogP contribution in [0.3, 0.4) is 0 Å². The van der Waals surface area contributed by atoms with Gasteiger partial charge in [0.15, 0.2) is 0 Å². The lowest BCUT2D eigenvalue weighted by Crippen LogP contribution is -2.33. The monoisotopic (exact) mass is 375 g/mol. The SMILES string of the molecule is O=C(CCN1C(=O)c2ccccc2C1=O)Nc1ccccc1Cn1cncn1. The molecular formula is C20H17N5O3. The summed E-state index contributed by atoms with van der Waals surface area (Å²) in [6.07, 6.45) is 3.06. The van der Waals surface area contributed by atoms with Gasteiger partial charge in [0.25, 0.3) is 11.8 Å². The summed E-state index contributed by atoms with van der Waals surface area (Å²) in [7, 11) is 0. The Bertz CT molecular complexity index is 1010. The van der Waals surface area contributed by atoms with Crippen LogP contribution in [0.5, 0.6) is 0 Å². The third kappa shape index (κ3) is 3.39. The van der Waals surface area contributed by atoms with Gasteiger partial charge in [-0.3, -0.25) is 19.3 Å². The smallest absolute Gasteiger partial charge is 0.261 e. The van der Waals surface area contributed by atoms with Gasteiger partial charge < -0.3 is 5.32 Å². The minimum atomic E-state index is -0.361. The summed E-state index contributed by atoms with van der Waals surface area (Å²) in [6, 6.07) is 14.1. The molecule has 0 aliphatic carbocycles. The Morgan fingerprint density at radius 2 is 1.64 bits per heavy atom. The molecule has 3 aromatic rings. The topological polar surface area (TPSA) is 97.2 Å². The van der Waals surface area contributed by atoms with E-state index in [4.69, 9.17) is 0 Å². The van der Waals surface area contributed by atoms with E-state index in [1.807, 2.05) is 18.2 Å². The van der Waals surface area contributed by atoms with Crippen molar-refractivity contribution in [3.05, 3.63) is 77.9 Å². The Morgan fingerprint density at radius 1 is 0.964 bits per heavy atom. The molecular weight excluding hydrogens is 358 g/mol. The third-order valence-electron chi connectivity index (χ3n) is 4.53. The minimum absolute atomic E-state index is 0.0170. The lowest BCUT2D eigenvalue weighted by Gasteiger charge is -2.15. The second-order valence-electron chi connectivity index (χ2n) is 6.36. The Morgan fingerprint density at radius 3 is 2.32 bits per heavy atom. The number of hydrogen-bond acceptors (Lipinski definition) is 5. The second kappa shape index (κ2) is 7.43. The first-order chi connectivity index (χ1) is 13.6. The highest BCUT2D eigenvalue weighted by Crippen LogP contribution is 2.23. The van der Waals surface area contributed by atoms with Gasteiger partial charge in [-0.1, -0.05) is 30.3 Å². The van der Waals surface area contributed by atoms with Crippen LogP contribution in [-0.4, -0.2) is 43.9 Å². The van der Waals surface area contributed by atoms with Crippen molar-refractivity contribution in [2.45, 2.75) is 13.0 Å². The molecule has 0 atom stereocenters. The Balaban J connectivity index is 1.40. The van der Waals surface area contributed by atoms with Crippen LogP contribution in [0.1, 0.15) is 32.7 Å². The van der Waals surface area contributed by atoms with Crippen molar-refractivity contribution < 1.29 is 14.4 Å². The third-order valence-corrected chi connectivity index (χ3v) is 4.53. The normalized spacial score (nSPS) is 12.9. The minimum Gasteiger partial charge on any atom is -0.326 e. The van der Waals surface area contributed by atoms with Gasteiger partial charge in [-0.25, -0.2) is 9.67 Å². The zero-order valence-corrected chi connectivity index (χ0v) is 14.9. The van der Waals surface area contributed by atoms with Crippen LogP contribution in [0.2, 0.25) is 0 Å². The zero-order valence-electron chi connectivity index (χ0n) is 14.9. The van der Waals surface area contributed by atoms with E-state index >= 15 is 0 Å². The highest BCUT2D eigenvalue weighted by atomic mass is 16.2. The van der Waals surface area contributed by atoms with Crippen molar-refractivity contribution in [1.82, 2.24) is 19.7 Å². The molecule has 28 heavy (non-hydrogen) atoms. The molecule has 0 spiro atoms. The Hall–Kier alpha value is -3.81. The molecule has 1 aliphatic rings. The first-order valence-corrected chi connectivity index (χ1v) is 8.79. The number of carbonyl (C=O) groups is 3. The predicted molar refractivity (Wildman–Crippen MR) is 101 cm³/mol. The summed E-state index contributed by atoms with van der Waals surface area (Å²) < 4.78 is 1.66. The predicted octanol–water partition coefficient (Wildman–Crippen LogP) is 1.95. The number of aromatic nitrogens is 3. The van der Waals surface area contributed by atoms with Crippen molar-refractivity contribution in [1.29, 1.82) is 0 Å². The van der Waals surface area contributed by atoms with Crippen molar-refractivity contribution in [3.8, 4) is 0 Å². The number of anilines is 1. The van der Waals surface area contributed by atoms with E-state index in [0.29, 0.717) is 23.4 Å². The van der Waals surface area contributed by atoms with Gasteiger partial charge in [0.2, 0.25) is 5.91 Å². The highest BCUT2D eigenvalue weighted by Gasteiger charge is 2.34. The maximum atomic E-state index is 12.4. The number of nitrogens with one attached hydrogen (secondary N) is 1. The van der Waals surface area contributed by atoms with Gasteiger partial charge in [-0.15, -0.1) is 0 Å². The molecule has 0 saturated carbocycles. The van der Waals surface area contributed by atoms with Crippen LogP contribution in [0, 0.1) is 0 Å². The van der Waals surface area contributed by atoms with Crippen LogP contribution in [0.4, 0.5) is 5.69 Å². The Labute approximate surface area is 160 Å². The summed E-state index contributed by atoms with van der Waals surface area (Å²) in [6.45, 7) is 0.498. The molecule has 1 aliphatic heterocycles. The largest absolute Gasteiger partial charge is 0.326 e. The van der Waals surface area contributed by atoms with Gasteiger partial charge in [0.1, 0.15) is 12.7 Å². The molecule has 0 bridgehead atoms. The molecule has 1 aromatic heterocycles. The van der Waals surface area contributed by atoms with E-state index in [0.717, 1.165) is 10.5 Å². The lowest BCUT2D eigenvalue weighted by atomic mass is 10.1. The lowest BCUT2D eigenvalue weighted by molar-refractivity contribution is -0.116. The molecule has 0 saturated heterocycles. The molecule has 2 heterocycles. The van der Waals surface area contributed by atoms with Crippen LogP contribution in [0.25, 0.3) is 0 Å². The van der Waals surface area contributed by atoms with Crippen molar-refractivity contribution >= 4 is 23.4 Å². The van der Waals surface area contributed by atoms with E-state index in [-0.39, 0.29) is 30.7 Å². The molecule has 0 fully saturated rings. The highest BCUT2D eigenvalue weighted by molar-refractivity contribution is 6.21. The molecule has 3 amide bonds. The number of carbonyl (C=O) groups excluding carboxylic acids is 3. The number of fused-ring (bicyclic) bond motifs is 1. The summed E-state index contributed by atoms with van der Waals surface area (Å²) >= 11 is 0. The van der Waals surface area contributed by atoms with E-state index in [9.17, 15) is 14.4 Å². The number of hydrogen-bond donors (Lipinski definition) is 1. The fourth-order valence-electron chi connectivity index (χ4n) is 3.14.